The molecule has 0 radical (unpaired) electrons. The molecule has 1 aromatic carbocycles. The topological polar surface area (TPSA) is 20.2 Å². The van der Waals surface area contributed by atoms with Crippen LogP contribution in [0.15, 0.2) is 30.3 Å². The van der Waals surface area contributed by atoms with Crippen molar-refractivity contribution in [2.75, 3.05) is 0 Å². The molecule has 0 heterocycles. The van der Waals surface area contributed by atoms with E-state index in [2.05, 4.69) is 44.2 Å². The monoisotopic (exact) mass is 300 g/mol. The molecule has 0 saturated carbocycles. The third-order valence-corrected chi connectivity index (χ3v) is 5.70. The fraction of sp³-hybridized carbons (Fsp3) is 0.600. The first kappa shape index (κ1) is 14.8. The van der Waals surface area contributed by atoms with Gasteiger partial charge in [-0.1, -0.05) is 0 Å². The quantitative estimate of drug-likeness (QED) is 0.574. The first-order chi connectivity index (χ1) is 8.20. The Morgan fingerprint density at radius 1 is 1.12 bits per heavy atom. The van der Waals surface area contributed by atoms with E-state index in [1.54, 1.807) is 0 Å². The Labute approximate surface area is 112 Å². The molecule has 0 bridgehead atoms. The molecule has 0 saturated heterocycles. The van der Waals surface area contributed by atoms with Crippen molar-refractivity contribution in [2.45, 2.75) is 55.8 Å². The molecule has 0 fully saturated rings. The van der Waals surface area contributed by atoms with Crippen LogP contribution in [0.1, 0.15) is 45.1 Å². The zero-order valence-corrected chi connectivity index (χ0v) is 12.7. The van der Waals surface area contributed by atoms with Gasteiger partial charge in [-0.15, -0.1) is 0 Å². The molecule has 0 aliphatic carbocycles. The van der Waals surface area contributed by atoms with E-state index in [9.17, 15) is 5.11 Å². The normalized spacial score (nSPS) is 11.7. The summed E-state index contributed by atoms with van der Waals surface area (Å²) in [4.78, 5) is 0. The van der Waals surface area contributed by atoms with E-state index < -0.39 is 5.60 Å². The van der Waals surface area contributed by atoms with Crippen molar-refractivity contribution in [3.63, 3.8) is 0 Å². The molecular weight excluding hydrogens is 275 g/mol. The van der Waals surface area contributed by atoms with E-state index >= 15 is 0 Å². The second-order valence-corrected chi connectivity index (χ2v) is 6.89. The Morgan fingerprint density at radius 2 is 1.76 bits per heavy atom. The van der Waals surface area contributed by atoms with Gasteiger partial charge in [-0.3, -0.25) is 0 Å². The zero-order valence-electron chi connectivity index (χ0n) is 11.0. The van der Waals surface area contributed by atoms with Gasteiger partial charge in [0.15, 0.2) is 0 Å². The Bertz CT molecular complexity index is 293. The molecule has 96 valence electrons. The molecule has 0 unspecified atom stereocenters. The number of benzene rings is 1. The minimum atomic E-state index is -0.400. The molecule has 1 aromatic rings. The van der Waals surface area contributed by atoms with Crippen molar-refractivity contribution in [2.24, 2.45) is 0 Å². The van der Waals surface area contributed by atoms with Crippen LogP contribution in [-0.4, -0.2) is 25.7 Å². The summed E-state index contributed by atoms with van der Waals surface area (Å²) in [5.41, 5.74) is 1.05. The number of hydrogen-bond acceptors (Lipinski definition) is 1. The summed E-state index contributed by atoms with van der Waals surface area (Å²) >= 11 is 0.684. The van der Waals surface area contributed by atoms with Gasteiger partial charge in [-0.25, -0.2) is 0 Å². The number of rotatable bonds is 8. The van der Waals surface area contributed by atoms with Crippen LogP contribution in [0.3, 0.4) is 0 Å². The first-order valence-corrected chi connectivity index (χ1v) is 8.96. The van der Waals surface area contributed by atoms with Gasteiger partial charge in [0.25, 0.3) is 0 Å². The van der Waals surface area contributed by atoms with Crippen molar-refractivity contribution in [3.05, 3.63) is 35.9 Å². The third kappa shape index (κ3) is 5.72. The fourth-order valence-electron chi connectivity index (χ4n) is 1.87. The summed E-state index contributed by atoms with van der Waals surface area (Å²) in [7, 11) is 0. The second-order valence-electron chi connectivity index (χ2n) is 4.57. The summed E-state index contributed by atoms with van der Waals surface area (Å²) < 4.78 is 0. The van der Waals surface area contributed by atoms with Crippen LogP contribution in [0.2, 0.25) is 5.32 Å². The average Bonchev–Trinajstić information content (AvgIpc) is 2.39. The van der Waals surface area contributed by atoms with Gasteiger partial charge in [-0.2, -0.15) is 0 Å². The van der Waals surface area contributed by atoms with Gasteiger partial charge in [0.2, 0.25) is 0 Å². The van der Waals surface area contributed by atoms with Gasteiger partial charge >= 0.3 is 112 Å². The molecule has 0 aliphatic heterocycles. The Balaban J connectivity index is 2.13. The van der Waals surface area contributed by atoms with Crippen LogP contribution in [0, 0.1) is 0 Å². The summed E-state index contributed by atoms with van der Waals surface area (Å²) in [6, 6.07) is 10.7. The molecule has 1 N–H and O–H groups in total. The molecule has 0 amide bonds. The van der Waals surface area contributed by atoms with Gasteiger partial charge in [-0.05, 0) is 0 Å². The van der Waals surface area contributed by atoms with Crippen LogP contribution in [-0.2, 0) is 5.32 Å². The van der Waals surface area contributed by atoms with Gasteiger partial charge < -0.3 is 0 Å². The van der Waals surface area contributed by atoms with Crippen molar-refractivity contribution in [1.82, 2.24) is 0 Å². The molecule has 2 heteroatoms. The minimum absolute atomic E-state index is 0.400. The first-order valence-electron chi connectivity index (χ1n) is 6.54. The van der Waals surface area contributed by atoms with E-state index in [0.717, 1.165) is 19.3 Å². The van der Waals surface area contributed by atoms with Crippen LogP contribution in [0.25, 0.3) is 0 Å². The van der Waals surface area contributed by atoms with Gasteiger partial charge in [0.1, 0.15) is 0 Å². The van der Waals surface area contributed by atoms with Crippen molar-refractivity contribution in [1.29, 1.82) is 0 Å². The number of aliphatic hydroxyl groups is 1. The molecule has 1 nitrogen and oxygen atoms in total. The summed E-state index contributed by atoms with van der Waals surface area (Å²) in [6.07, 6.45) is 3.91. The molecule has 0 aromatic heterocycles. The van der Waals surface area contributed by atoms with Crippen LogP contribution in [0.5, 0.6) is 0 Å². The van der Waals surface area contributed by atoms with Crippen LogP contribution < -0.4 is 0 Å². The van der Waals surface area contributed by atoms with E-state index in [1.165, 1.54) is 22.6 Å². The summed E-state index contributed by atoms with van der Waals surface area (Å²) in [5, 5.41) is 12.7. The maximum atomic E-state index is 10.2. The van der Waals surface area contributed by atoms with E-state index in [0.29, 0.717) is 15.0 Å². The van der Waals surface area contributed by atoms with E-state index in [4.69, 9.17) is 0 Å². The standard InChI is InChI=1S/C15H24OSe/c1-3-15(16,4-2)11-8-12-17-13-14-9-6-5-7-10-14/h5-7,9-10,16H,3-4,8,11-13H2,1-2H3. The average molecular weight is 299 g/mol. The zero-order chi connectivity index (χ0) is 12.6. The van der Waals surface area contributed by atoms with Gasteiger partial charge in [0, 0.05) is 0 Å². The molecule has 17 heavy (non-hydrogen) atoms. The fourth-order valence-corrected chi connectivity index (χ4v) is 3.80. The van der Waals surface area contributed by atoms with E-state index in [1.807, 2.05) is 0 Å². The summed E-state index contributed by atoms with van der Waals surface area (Å²) in [5.74, 6) is 0. The maximum absolute atomic E-state index is 10.2. The second kappa shape index (κ2) is 7.92. The third-order valence-electron chi connectivity index (χ3n) is 3.36. The van der Waals surface area contributed by atoms with Crippen molar-refractivity contribution >= 4 is 15.0 Å². The van der Waals surface area contributed by atoms with Crippen molar-refractivity contribution < 1.29 is 5.11 Å². The molecule has 0 spiro atoms. The Hall–Kier alpha value is -0.301. The Morgan fingerprint density at radius 3 is 2.35 bits per heavy atom. The molecular formula is C15H24OSe. The van der Waals surface area contributed by atoms with Crippen molar-refractivity contribution in [3.8, 4) is 0 Å². The van der Waals surface area contributed by atoms with Crippen LogP contribution in [0.4, 0.5) is 0 Å². The Kier molecular flexibility index (Phi) is 6.87. The molecule has 0 atom stereocenters. The SMILES string of the molecule is CCC(O)(CC)CCC[Se]Cc1ccccc1. The molecule has 0 aliphatic rings. The number of hydrogen-bond donors (Lipinski definition) is 1. The predicted octanol–water partition coefficient (Wildman–Crippen LogP) is 3.64. The molecule has 1 rings (SSSR count). The predicted molar refractivity (Wildman–Crippen MR) is 75.5 cm³/mol. The summed E-state index contributed by atoms with van der Waals surface area (Å²) in [6.45, 7) is 4.16. The van der Waals surface area contributed by atoms with E-state index in [-0.39, 0.29) is 0 Å². The van der Waals surface area contributed by atoms with Gasteiger partial charge in [0.05, 0.1) is 0 Å². The van der Waals surface area contributed by atoms with Crippen LogP contribution >= 0.6 is 0 Å².